The Kier molecular flexibility index (Phi) is 4.82. The summed E-state index contributed by atoms with van der Waals surface area (Å²) in [6.45, 7) is 2.18. The van der Waals surface area contributed by atoms with E-state index in [0.717, 1.165) is 77.5 Å². The molecule has 0 saturated carbocycles. The molecule has 0 radical (unpaired) electrons. The Balaban J connectivity index is 1.31. The molecule has 0 aliphatic heterocycles. The third-order valence-corrected chi connectivity index (χ3v) is 9.59. The second kappa shape index (κ2) is 8.84. The van der Waals surface area contributed by atoms with Crippen molar-refractivity contribution in [2.75, 3.05) is 0 Å². The van der Waals surface area contributed by atoms with Crippen LogP contribution < -0.4 is 4.57 Å². The molecular weight excluding hydrogens is 552 g/mol. The summed E-state index contributed by atoms with van der Waals surface area (Å²) in [4.78, 5) is 0. The van der Waals surface area contributed by atoms with Crippen molar-refractivity contribution in [2.24, 2.45) is 7.05 Å². The summed E-state index contributed by atoms with van der Waals surface area (Å²) in [6.07, 6.45) is 0. The fourth-order valence-electron chi connectivity index (χ4n) is 7.51. The maximum absolute atomic E-state index is 6.85. The zero-order valence-corrected chi connectivity index (χ0v) is 24.8. The molecule has 0 N–H and O–H groups in total. The number of furan rings is 2. The molecule has 0 atom stereocenters. The highest BCUT2D eigenvalue weighted by Gasteiger charge is 2.31. The Hall–Kier alpha value is -5.87. The molecule has 0 bridgehead atoms. The van der Waals surface area contributed by atoms with Crippen LogP contribution in [0.15, 0.2) is 136 Å². The monoisotopic (exact) mass is 579 g/mol. The molecule has 10 aromatic rings. The second-order valence-electron chi connectivity index (χ2n) is 12.0. The van der Waals surface area contributed by atoms with E-state index in [2.05, 4.69) is 138 Å². The van der Waals surface area contributed by atoms with Crippen molar-refractivity contribution in [3.8, 4) is 17.1 Å². The average molecular weight is 580 g/mol. The molecule has 0 aliphatic rings. The van der Waals surface area contributed by atoms with E-state index < -0.39 is 0 Å². The van der Waals surface area contributed by atoms with Gasteiger partial charge in [0.15, 0.2) is 16.6 Å². The Morgan fingerprint density at radius 2 is 1.29 bits per heavy atom. The molecular formula is C41H27N2O2+. The summed E-state index contributed by atoms with van der Waals surface area (Å²) in [5.41, 5.74) is 9.10. The lowest BCUT2D eigenvalue weighted by atomic mass is 9.97. The largest absolute Gasteiger partial charge is 0.456 e. The summed E-state index contributed by atoms with van der Waals surface area (Å²) in [6, 6.07) is 45.2. The van der Waals surface area contributed by atoms with Crippen LogP contribution in [0.2, 0.25) is 0 Å². The van der Waals surface area contributed by atoms with E-state index in [1.54, 1.807) is 0 Å². The van der Waals surface area contributed by atoms with Gasteiger partial charge in [0.25, 0.3) is 5.82 Å². The van der Waals surface area contributed by atoms with E-state index in [-0.39, 0.29) is 0 Å². The number of benzene rings is 7. The number of imidazole rings is 1. The lowest BCUT2D eigenvalue weighted by Crippen LogP contribution is -2.30. The van der Waals surface area contributed by atoms with E-state index in [0.29, 0.717) is 0 Å². The molecule has 0 aliphatic carbocycles. The number of hydrogen-bond acceptors (Lipinski definition) is 2. The molecule has 3 heterocycles. The predicted molar refractivity (Wildman–Crippen MR) is 184 cm³/mol. The van der Waals surface area contributed by atoms with Gasteiger partial charge >= 0.3 is 0 Å². The van der Waals surface area contributed by atoms with E-state index in [1.165, 1.54) is 21.5 Å². The first-order valence-electron chi connectivity index (χ1n) is 15.3. The molecule has 7 aromatic carbocycles. The van der Waals surface area contributed by atoms with E-state index >= 15 is 0 Å². The number of aryl methyl sites for hydroxylation is 2. The van der Waals surface area contributed by atoms with Crippen LogP contribution in [-0.2, 0) is 7.05 Å². The molecule has 0 saturated heterocycles. The van der Waals surface area contributed by atoms with Gasteiger partial charge < -0.3 is 8.83 Å². The van der Waals surface area contributed by atoms with Crippen molar-refractivity contribution in [1.29, 1.82) is 0 Å². The van der Waals surface area contributed by atoms with Crippen LogP contribution in [0.3, 0.4) is 0 Å². The second-order valence-corrected chi connectivity index (χ2v) is 12.0. The SMILES string of the molecule is Cc1ccc2c(oc3ccc4c5ccccc5ccc4c32)c1-c1n(-c2ccc3c(c2)oc2ccccc23)c2ccccc2[n+]1C. The fraction of sp³-hybridized carbons (Fsp3) is 0.0488. The third kappa shape index (κ3) is 3.28. The maximum atomic E-state index is 6.85. The number of rotatable bonds is 2. The van der Waals surface area contributed by atoms with Gasteiger partial charge in [0, 0.05) is 27.6 Å². The highest BCUT2D eigenvalue weighted by molar-refractivity contribution is 6.25. The zero-order chi connectivity index (χ0) is 29.8. The fourth-order valence-corrected chi connectivity index (χ4v) is 7.51. The lowest BCUT2D eigenvalue weighted by Gasteiger charge is -2.08. The van der Waals surface area contributed by atoms with Crippen LogP contribution in [0.1, 0.15) is 5.56 Å². The summed E-state index contributed by atoms with van der Waals surface area (Å²) < 4.78 is 17.8. The van der Waals surface area contributed by atoms with Gasteiger partial charge in [-0.2, -0.15) is 4.57 Å². The smallest absolute Gasteiger partial charge is 0.298 e. The molecule has 0 spiro atoms. The highest BCUT2D eigenvalue weighted by atomic mass is 16.3. The minimum absolute atomic E-state index is 0.873. The van der Waals surface area contributed by atoms with Crippen LogP contribution in [0, 0.1) is 6.92 Å². The van der Waals surface area contributed by atoms with Crippen molar-refractivity contribution in [1.82, 2.24) is 4.57 Å². The maximum Gasteiger partial charge on any atom is 0.298 e. The molecule has 10 rings (SSSR count). The standard InChI is InChI=1S/C41H27N2O2/c1-24-15-18-32-39-31-19-16-25-9-3-4-10-27(25)28(31)21-22-36(39)45-40(32)38(24)41-42(2)33-12-6-7-13-34(33)43(41)26-17-20-30-29-11-5-8-14-35(29)44-37(30)23-26/h3-23H,1-2H3/q+1. The van der Waals surface area contributed by atoms with Gasteiger partial charge in [0.2, 0.25) is 0 Å². The van der Waals surface area contributed by atoms with Crippen LogP contribution in [0.4, 0.5) is 0 Å². The van der Waals surface area contributed by atoms with Crippen molar-refractivity contribution in [2.45, 2.75) is 6.92 Å². The summed E-state index contributed by atoms with van der Waals surface area (Å²) in [5.74, 6) is 1.06. The molecule has 0 unspecified atom stereocenters. The van der Waals surface area contributed by atoms with Crippen LogP contribution in [-0.4, -0.2) is 4.57 Å². The molecule has 0 amide bonds. The minimum Gasteiger partial charge on any atom is -0.456 e. The van der Waals surface area contributed by atoms with Gasteiger partial charge in [0.1, 0.15) is 28.0 Å². The van der Waals surface area contributed by atoms with Crippen molar-refractivity contribution in [3.63, 3.8) is 0 Å². The van der Waals surface area contributed by atoms with E-state index in [9.17, 15) is 0 Å². The Morgan fingerprint density at radius 1 is 0.556 bits per heavy atom. The van der Waals surface area contributed by atoms with Crippen molar-refractivity contribution < 1.29 is 13.4 Å². The summed E-state index contributed by atoms with van der Waals surface area (Å²) >= 11 is 0. The van der Waals surface area contributed by atoms with Crippen molar-refractivity contribution in [3.05, 3.63) is 133 Å². The molecule has 212 valence electrons. The first-order chi connectivity index (χ1) is 22.2. The summed E-state index contributed by atoms with van der Waals surface area (Å²) in [7, 11) is 2.15. The minimum atomic E-state index is 0.873. The first kappa shape index (κ1) is 24.6. The zero-order valence-electron chi connectivity index (χ0n) is 24.8. The number of aromatic nitrogens is 2. The molecule has 0 fully saturated rings. The Morgan fingerprint density at radius 3 is 2.22 bits per heavy atom. The van der Waals surface area contributed by atoms with Crippen LogP contribution >= 0.6 is 0 Å². The molecule has 3 aromatic heterocycles. The van der Waals surface area contributed by atoms with Gasteiger partial charge in [-0.05, 0) is 70.4 Å². The average Bonchev–Trinajstić information content (AvgIpc) is 3.73. The topological polar surface area (TPSA) is 35.1 Å². The summed E-state index contributed by atoms with van der Waals surface area (Å²) in [5, 5.41) is 9.47. The molecule has 4 heteroatoms. The number of fused-ring (bicyclic) bond motifs is 11. The number of hydrogen-bond donors (Lipinski definition) is 0. The highest BCUT2D eigenvalue weighted by Crippen LogP contribution is 2.43. The molecule has 45 heavy (non-hydrogen) atoms. The number of para-hydroxylation sites is 3. The van der Waals surface area contributed by atoms with Gasteiger partial charge in [-0.15, -0.1) is 0 Å². The van der Waals surface area contributed by atoms with Gasteiger partial charge in [0.05, 0.1) is 7.05 Å². The van der Waals surface area contributed by atoms with Gasteiger partial charge in [-0.25, -0.2) is 4.57 Å². The first-order valence-corrected chi connectivity index (χ1v) is 15.3. The van der Waals surface area contributed by atoms with Crippen LogP contribution in [0.5, 0.6) is 0 Å². The van der Waals surface area contributed by atoms with Gasteiger partial charge in [-0.3, -0.25) is 0 Å². The van der Waals surface area contributed by atoms with E-state index in [1.807, 2.05) is 12.1 Å². The van der Waals surface area contributed by atoms with E-state index in [4.69, 9.17) is 8.83 Å². The Bertz CT molecular complexity index is 2850. The van der Waals surface area contributed by atoms with Gasteiger partial charge in [-0.1, -0.05) is 84.9 Å². The third-order valence-electron chi connectivity index (χ3n) is 9.59. The lowest BCUT2D eigenvalue weighted by molar-refractivity contribution is -0.633. The number of nitrogens with zero attached hydrogens (tertiary/aromatic N) is 2. The predicted octanol–water partition coefficient (Wildman–Crippen LogP) is 10.5. The van der Waals surface area contributed by atoms with Crippen LogP contribution in [0.25, 0.3) is 93.5 Å². The molecule has 4 nitrogen and oxygen atoms in total. The Labute approximate surface area is 257 Å². The quantitative estimate of drug-likeness (QED) is 0.151. The normalized spacial score (nSPS) is 12.2. The van der Waals surface area contributed by atoms with Crippen molar-refractivity contribution >= 4 is 76.5 Å².